The number of hydrogen-bond donors (Lipinski definition) is 1. The van der Waals surface area contributed by atoms with Gasteiger partial charge in [0.05, 0.1) is 0 Å². The normalized spacial score (nSPS) is 30.6. The van der Waals surface area contributed by atoms with Crippen molar-refractivity contribution >= 4 is 0 Å². The van der Waals surface area contributed by atoms with Crippen LogP contribution in [0.3, 0.4) is 0 Å². The van der Waals surface area contributed by atoms with E-state index in [0.717, 1.165) is 24.5 Å². The van der Waals surface area contributed by atoms with Crippen molar-refractivity contribution in [2.75, 3.05) is 19.6 Å². The predicted octanol–water partition coefficient (Wildman–Crippen LogP) is 3.20. The minimum atomic E-state index is 0.781. The summed E-state index contributed by atoms with van der Waals surface area (Å²) in [5.41, 5.74) is 1.44. The van der Waals surface area contributed by atoms with Crippen molar-refractivity contribution < 1.29 is 0 Å². The van der Waals surface area contributed by atoms with Crippen molar-refractivity contribution in [1.82, 2.24) is 10.2 Å². The molecular weight excluding hydrogens is 220 g/mol. The van der Waals surface area contributed by atoms with E-state index in [1.807, 2.05) is 0 Å². The monoisotopic (exact) mass is 250 g/mol. The van der Waals surface area contributed by atoms with Crippen LogP contribution in [0.4, 0.5) is 0 Å². The largest absolute Gasteiger partial charge is 0.311 e. The average Bonchev–Trinajstić information content (AvgIpc) is 2.74. The Morgan fingerprint density at radius 1 is 1.11 bits per heavy atom. The molecule has 18 heavy (non-hydrogen) atoms. The molecule has 2 rings (SSSR count). The van der Waals surface area contributed by atoms with E-state index in [-0.39, 0.29) is 0 Å². The fraction of sp³-hybridized carbons (Fsp3) is 0.875. The zero-order valence-electron chi connectivity index (χ0n) is 12.4. The maximum Gasteiger partial charge on any atom is 0.0165 e. The average molecular weight is 250 g/mol. The van der Waals surface area contributed by atoms with Crippen LogP contribution in [0.5, 0.6) is 0 Å². The second kappa shape index (κ2) is 6.72. The van der Waals surface area contributed by atoms with Crippen LogP contribution in [0.15, 0.2) is 11.6 Å². The number of allylic oxidation sites excluding steroid dienone is 1. The van der Waals surface area contributed by atoms with Gasteiger partial charge in [-0.05, 0) is 65.0 Å². The summed E-state index contributed by atoms with van der Waals surface area (Å²) < 4.78 is 0. The smallest absolute Gasteiger partial charge is 0.0165 e. The third-order valence-electron chi connectivity index (χ3n) is 4.51. The number of hydrogen-bond acceptors (Lipinski definition) is 2. The van der Waals surface area contributed by atoms with Crippen molar-refractivity contribution in [3.63, 3.8) is 0 Å². The maximum atomic E-state index is 3.89. The van der Waals surface area contributed by atoms with Gasteiger partial charge in [-0.1, -0.05) is 18.6 Å². The Hall–Kier alpha value is -0.340. The Morgan fingerprint density at radius 2 is 1.83 bits per heavy atom. The number of rotatable bonds is 4. The molecule has 0 aromatic heterocycles. The molecule has 1 saturated carbocycles. The van der Waals surface area contributed by atoms with Gasteiger partial charge in [0.2, 0.25) is 0 Å². The van der Waals surface area contributed by atoms with Gasteiger partial charge >= 0.3 is 0 Å². The van der Waals surface area contributed by atoms with Crippen LogP contribution in [-0.2, 0) is 0 Å². The standard InChI is InChI=1S/C16H30N2/c1-13(2)6-9-18-10-7-15(8-11-18)17-16-5-4-14(3)12-16/h6,14-17H,4-5,7-12H2,1-3H3. The lowest BCUT2D eigenvalue weighted by molar-refractivity contribution is 0.206. The molecule has 2 nitrogen and oxygen atoms in total. The highest BCUT2D eigenvalue weighted by atomic mass is 15.1. The minimum absolute atomic E-state index is 0.781. The van der Waals surface area contributed by atoms with Crippen molar-refractivity contribution in [3.05, 3.63) is 11.6 Å². The summed E-state index contributed by atoms with van der Waals surface area (Å²) >= 11 is 0. The lowest BCUT2D eigenvalue weighted by atomic mass is 10.0. The lowest BCUT2D eigenvalue weighted by Crippen LogP contribution is -2.45. The van der Waals surface area contributed by atoms with E-state index in [9.17, 15) is 0 Å². The lowest BCUT2D eigenvalue weighted by Gasteiger charge is -2.33. The Bertz CT molecular complexity index is 273. The molecule has 2 aliphatic rings. The molecule has 0 spiro atoms. The number of piperidine rings is 1. The summed E-state index contributed by atoms with van der Waals surface area (Å²) in [4.78, 5) is 2.59. The summed E-state index contributed by atoms with van der Waals surface area (Å²) in [5, 5.41) is 3.89. The van der Waals surface area contributed by atoms with Gasteiger partial charge in [-0.15, -0.1) is 0 Å². The van der Waals surface area contributed by atoms with Crippen molar-refractivity contribution in [2.24, 2.45) is 5.92 Å². The maximum absolute atomic E-state index is 3.89. The highest BCUT2D eigenvalue weighted by Crippen LogP contribution is 2.26. The zero-order valence-corrected chi connectivity index (χ0v) is 12.4. The molecule has 2 atom stereocenters. The number of nitrogens with one attached hydrogen (secondary N) is 1. The van der Waals surface area contributed by atoms with Gasteiger partial charge < -0.3 is 5.32 Å². The van der Waals surface area contributed by atoms with Gasteiger partial charge in [0, 0.05) is 18.6 Å². The fourth-order valence-corrected chi connectivity index (χ4v) is 3.29. The number of nitrogens with zero attached hydrogens (tertiary/aromatic N) is 1. The first-order valence-electron chi connectivity index (χ1n) is 7.75. The molecule has 1 aliphatic carbocycles. The molecule has 2 fully saturated rings. The Kier molecular flexibility index (Phi) is 5.25. The van der Waals surface area contributed by atoms with Crippen LogP contribution in [0, 0.1) is 5.92 Å². The first kappa shape index (κ1) is 14.1. The van der Waals surface area contributed by atoms with Crippen LogP contribution in [0.1, 0.15) is 52.9 Å². The van der Waals surface area contributed by atoms with Gasteiger partial charge in [0.25, 0.3) is 0 Å². The summed E-state index contributed by atoms with van der Waals surface area (Å²) in [5.74, 6) is 0.945. The predicted molar refractivity (Wildman–Crippen MR) is 78.8 cm³/mol. The van der Waals surface area contributed by atoms with E-state index in [0.29, 0.717) is 0 Å². The van der Waals surface area contributed by atoms with Crippen molar-refractivity contribution in [2.45, 2.75) is 65.0 Å². The molecule has 0 bridgehead atoms. The van der Waals surface area contributed by atoms with E-state index in [2.05, 4.69) is 37.1 Å². The second-order valence-corrected chi connectivity index (χ2v) is 6.64. The molecule has 1 N–H and O–H groups in total. The van der Waals surface area contributed by atoms with Crippen LogP contribution < -0.4 is 5.32 Å². The van der Waals surface area contributed by atoms with E-state index in [4.69, 9.17) is 0 Å². The minimum Gasteiger partial charge on any atom is -0.311 e. The molecule has 1 aliphatic heterocycles. The summed E-state index contributed by atoms with van der Waals surface area (Å²) in [6.45, 7) is 10.5. The third kappa shape index (κ3) is 4.40. The summed E-state index contributed by atoms with van der Waals surface area (Å²) in [7, 11) is 0. The van der Waals surface area contributed by atoms with E-state index in [1.54, 1.807) is 0 Å². The van der Waals surface area contributed by atoms with E-state index < -0.39 is 0 Å². The molecular formula is C16H30N2. The van der Waals surface area contributed by atoms with Crippen LogP contribution in [0.25, 0.3) is 0 Å². The molecule has 0 radical (unpaired) electrons. The van der Waals surface area contributed by atoms with Gasteiger partial charge in [-0.25, -0.2) is 0 Å². The molecule has 0 amide bonds. The summed E-state index contributed by atoms with van der Waals surface area (Å²) in [6.07, 6.45) is 9.25. The Balaban J connectivity index is 1.65. The highest BCUT2D eigenvalue weighted by molar-refractivity contribution is 4.96. The molecule has 0 aromatic carbocycles. The molecule has 1 heterocycles. The fourth-order valence-electron chi connectivity index (χ4n) is 3.29. The zero-order chi connectivity index (χ0) is 13.0. The van der Waals surface area contributed by atoms with E-state index >= 15 is 0 Å². The topological polar surface area (TPSA) is 15.3 Å². The first-order valence-corrected chi connectivity index (χ1v) is 7.75. The van der Waals surface area contributed by atoms with E-state index in [1.165, 1.54) is 50.8 Å². The molecule has 1 saturated heterocycles. The van der Waals surface area contributed by atoms with Gasteiger partial charge in [-0.3, -0.25) is 4.90 Å². The quantitative estimate of drug-likeness (QED) is 0.771. The molecule has 2 heteroatoms. The van der Waals surface area contributed by atoms with Gasteiger partial charge in [0.15, 0.2) is 0 Å². The van der Waals surface area contributed by atoms with Gasteiger partial charge in [-0.2, -0.15) is 0 Å². The van der Waals surface area contributed by atoms with Crippen LogP contribution in [0.2, 0.25) is 0 Å². The van der Waals surface area contributed by atoms with Crippen LogP contribution >= 0.6 is 0 Å². The Morgan fingerprint density at radius 3 is 2.39 bits per heavy atom. The number of likely N-dealkylation sites (tertiary alicyclic amines) is 1. The van der Waals surface area contributed by atoms with Crippen molar-refractivity contribution in [3.8, 4) is 0 Å². The SMILES string of the molecule is CC(C)=CCN1CCC(NC2CCC(C)C2)CC1. The highest BCUT2D eigenvalue weighted by Gasteiger charge is 2.25. The molecule has 2 unspecified atom stereocenters. The summed E-state index contributed by atoms with van der Waals surface area (Å²) in [6, 6.07) is 1.59. The van der Waals surface area contributed by atoms with Crippen LogP contribution in [-0.4, -0.2) is 36.6 Å². The second-order valence-electron chi connectivity index (χ2n) is 6.64. The third-order valence-corrected chi connectivity index (χ3v) is 4.51. The van der Waals surface area contributed by atoms with Crippen molar-refractivity contribution in [1.29, 1.82) is 0 Å². The Labute approximate surface area is 113 Å². The molecule has 104 valence electrons. The van der Waals surface area contributed by atoms with Gasteiger partial charge in [0.1, 0.15) is 0 Å². The molecule has 0 aromatic rings. The first-order chi connectivity index (χ1) is 8.63.